The van der Waals surface area contributed by atoms with Crippen molar-refractivity contribution in [1.82, 2.24) is 9.80 Å². The van der Waals surface area contributed by atoms with E-state index in [1.165, 1.54) is 6.42 Å². The zero-order valence-electron chi connectivity index (χ0n) is 26.5. The Hall–Kier alpha value is -2.65. The first-order valence-corrected chi connectivity index (χ1v) is 15.6. The van der Waals surface area contributed by atoms with Crippen LogP contribution in [0.4, 0.5) is 9.59 Å². The van der Waals surface area contributed by atoms with Crippen molar-refractivity contribution in [1.29, 1.82) is 0 Å². The molecule has 0 radical (unpaired) electrons. The molecule has 2 saturated heterocycles. The summed E-state index contributed by atoms with van der Waals surface area (Å²) in [4.78, 5) is 43.6. The fourth-order valence-corrected chi connectivity index (χ4v) is 7.02. The number of rotatable bonds is 7. The Kier molecular flexibility index (Phi) is 9.62. The van der Waals surface area contributed by atoms with Crippen LogP contribution in [0, 0.1) is 17.8 Å². The van der Waals surface area contributed by atoms with E-state index in [2.05, 4.69) is 0 Å². The lowest BCUT2D eigenvalue weighted by Gasteiger charge is -2.38. The van der Waals surface area contributed by atoms with Crippen LogP contribution in [-0.2, 0) is 19.0 Å². The van der Waals surface area contributed by atoms with Crippen molar-refractivity contribution in [2.24, 2.45) is 17.8 Å². The standard InChI is InChI=1S/C33H50N2O7/c1-20(2)25(29(37)34-21(3)27(40-30(34)38)23-17-13-10-14-18-23)26(36)28-24(19-22-15-11-9-12-16-22)35(33(7,8)41-28)31(39)42-32(4,5)6/h10,13-14,17-18,20-22,24-28,36H,9,11-12,15-16,19H2,1-8H3/t21-,24+,25-,26-,27-,28-/m1/s1. The number of hydrogen-bond donors (Lipinski definition) is 1. The molecule has 1 aromatic rings. The smallest absolute Gasteiger partial charge is 0.417 e. The molecule has 1 saturated carbocycles. The van der Waals surface area contributed by atoms with E-state index in [4.69, 9.17) is 14.2 Å². The first-order chi connectivity index (χ1) is 19.6. The van der Waals surface area contributed by atoms with E-state index in [1.807, 2.05) is 65.0 Å². The molecule has 9 heteroatoms. The van der Waals surface area contributed by atoms with Gasteiger partial charge in [0.2, 0.25) is 5.91 Å². The predicted octanol–water partition coefficient (Wildman–Crippen LogP) is 6.44. The Morgan fingerprint density at radius 1 is 1.10 bits per heavy atom. The van der Waals surface area contributed by atoms with Gasteiger partial charge in [0.05, 0.1) is 24.1 Å². The van der Waals surface area contributed by atoms with Crippen LogP contribution >= 0.6 is 0 Å². The van der Waals surface area contributed by atoms with Crippen LogP contribution in [0.15, 0.2) is 30.3 Å². The maximum Gasteiger partial charge on any atom is 0.417 e. The van der Waals surface area contributed by atoms with E-state index in [9.17, 15) is 19.5 Å². The number of carbonyl (C=O) groups is 3. The second-order valence-electron chi connectivity index (χ2n) is 14.1. The van der Waals surface area contributed by atoms with Crippen molar-refractivity contribution >= 4 is 18.1 Å². The number of aliphatic hydroxyl groups excluding tert-OH is 1. The Balaban J connectivity index is 1.64. The Morgan fingerprint density at radius 3 is 2.29 bits per heavy atom. The van der Waals surface area contributed by atoms with E-state index in [0.717, 1.165) is 36.1 Å². The summed E-state index contributed by atoms with van der Waals surface area (Å²) in [6.07, 6.45) is 2.26. The number of cyclic esters (lactones) is 1. The Bertz CT molecular complexity index is 1110. The fraction of sp³-hybridized carbons (Fsp3) is 0.727. The zero-order valence-corrected chi connectivity index (χ0v) is 26.5. The van der Waals surface area contributed by atoms with Gasteiger partial charge < -0.3 is 19.3 Å². The number of amides is 3. The van der Waals surface area contributed by atoms with E-state index in [1.54, 1.807) is 25.7 Å². The Labute approximate surface area is 250 Å². The molecule has 0 spiro atoms. The second kappa shape index (κ2) is 12.5. The van der Waals surface area contributed by atoms with Crippen molar-refractivity contribution in [2.45, 2.75) is 136 Å². The highest BCUT2D eigenvalue weighted by molar-refractivity contribution is 5.95. The van der Waals surface area contributed by atoms with Gasteiger partial charge in [0.1, 0.15) is 23.5 Å². The van der Waals surface area contributed by atoms with Crippen LogP contribution in [0.25, 0.3) is 0 Å². The molecular weight excluding hydrogens is 536 g/mol. The van der Waals surface area contributed by atoms with Gasteiger partial charge in [0.25, 0.3) is 0 Å². The highest BCUT2D eigenvalue weighted by atomic mass is 16.6. The predicted molar refractivity (Wildman–Crippen MR) is 158 cm³/mol. The molecule has 1 N–H and O–H groups in total. The normalized spacial score (nSPS) is 28.1. The average Bonchev–Trinajstić information content (AvgIpc) is 3.34. The van der Waals surface area contributed by atoms with E-state index >= 15 is 0 Å². The molecule has 0 aromatic heterocycles. The maximum atomic E-state index is 14.1. The molecule has 1 aliphatic carbocycles. The van der Waals surface area contributed by atoms with E-state index in [0.29, 0.717) is 12.3 Å². The third-order valence-corrected chi connectivity index (χ3v) is 8.95. The van der Waals surface area contributed by atoms with Crippen LogP contribution in [0.3, 0.4) is 0 Å². The third kappa shape index (κ3) is 6.77. The fourth-order valence-electron chi connectivity index (χ4n) is 7.02. The van der Waals surface area contributed by atoms with Crippen LogP contribution in [0.5, 0.6) is 0 Å². The largest absolute Gasteiger partial charge is 0.444 e. The number of imide groups is 1. The lowest BCUT2D eigenvalue weighted by atomic mass is 9.79. The molecular formula is C33H50N2O7. The number of nitrogens with zero attached hydrogens (tertiary/aromatic N) is 2. The van der Waals surface area contributed by atoms with Gasteiger partial charge in [0, 0.05) is 0 Å². The molecule has 3 amide bonds. The second-order valence-corrected chi connectivity index (χ2v) is 14.1. The van der Waals surface area contributed by atoms with Gasteiger partial charge >= 0.3 is 12.2 Å². The van der Waals surface area contributed by atoms with Gasteiger partial charge in [0.15, 0.2) is 0 Å². The first-order valence-electron chi connectivity index (χ1n) is 15.6. The van der Waals surface area contributed by atoms with Crippen molar-refractivity contribution in [3.8, 4) is 0 Å². The summed E-state index contributed by atoms with van der Waals surface area (Å²) in [5.74, 6) is -1.40. The summed E-state index contributed by atoms with van der Waals surface area (Å²) in [7, 11) is 0. The number of benzene rings is 1. The molecule has 4 rings (SSSR count). The minimum Gasteiger partial charge on any atom is -0.444 e. The summed E-state index contributed by atoms with van der Waals surface area (Å²) >= 11 is 0. The SMILES string of the molecule is CC(C)[C@@H](C(=O)N1C(=O)O[C@@H](c2ccccc2)[C@H]1C)[C@@H](O)[C@@H]1OC(C)(C)N(C(=O)OC(C)(C)C)[C@H]1CC1CCCCC1. The summed E-state index contributed by atoms with van der Waals surface area (Å²) < 4.78 is 18.0. The quantitative estimate of drug-likeness (QED) is 0.392. The molecule has 0 bridgehead atoms. The van der Waals surface area contributed by atoms with Crippen LogP contribution in [0.1, 0.15) is 106 Å². The van der Waals surface area contributed by atoms with Gasteiger partial charge in [-0.1, -0.05) is 76.3 Å². The van der Waals surface area contributed by atoms with Crippen LogP contribution in [-0.4, -0.2) is 68.6 Å². The van der Waals surface area contributed by atoms with Gasteiger partial charge in [-0.2, -0.15) is 0 Å². The van der Waals surface area contributed by atoms with E-state index in [-0.39, 0.29) is 5.92 Å². The molecule has 0 unspecified atom stereocenters. The van der Waals surface area contributed by atoms with Crippen LogP contribution in [0.2, 0.25) is 0 Å². The minimum atomic E-state index is -1.27. The highest BCUT2D eigenvalue weighted by Crippen LogP contribution is 2.43. The number of hydrogen-bond acceptors (Lipinski definition) is 7. The number of ether oxygens (including phenoxy) is 3. The van der Waals surface area contributed by atoms with Crippen LogP contribution < -0.4 is 0 Å². The lowest BCUT2D eigenvalue weighted by Crippen LogP contribution is -2.54. The summed E-state index contributed by atoms with van der Waals surface area (Å²) in [5.41, 5.74) is -0.982. The van der Waals surface area contributed by atoms with Gasteiger partial charge in [-0.3, -0.25) is 9.69 Å². The van der Waals surface area contributed by atoms with Crippen molar-refractivity contribution in [2.75, 3.05) is 0 Å². The van der Waals surface area contributed by atoms with Crippen molar-refractivity contribution in [3.63, 3.8) is 0 Å². The zero-order chi connectivity index (χ0) is 31.0. The van der Waals surface area contributed by atoms with Gasteiger partial charge in [-0.05, 0) is 65.4 Å². The van der Waals surface area contributed by atoms with Crippen molar-refractivity contribution in [3.05, 3.63) is 35.9 Å². The van der Waals surface area contributed by atoms with Crippen molar-refractivity contribution < 1.29 is 33.7 Å². The minimum absolute atomic E-state index is 0.319. The topological polar surface area (TPSA) is 106 Å². The van der Waals surface area contributed by atoms with Gasteiger partial charge in [-0.15, -0.1) is 0 Å². The third-order valence-electron chi connectivity index (χ3n) is 8.95. The molecule has 3 fully saturated rings. The number of aliphatic hydroxyl groups is 1. The monoisotopic (exact) mass is 586 g/mol. The molecule has 234 valence electrons. The molecule has 2 heterocycles. The molecule has 1 aromatic carbocycles. The lowest BCUT2D eigenvalue weighted by molar-refractivity contribution is -0.150. The summed E-state index contributed by atoms with van der Waals surface area (Å²) in [6, 6.07) is 8.29. The molecule has 2 aliphatic heterocycles. The molecule has 6 atom stereocenters. The van der Waals surface area contributed by atoms with Gasteiger partial charge in [-0.25, -0.2) is 14.5 Å². The maximum absolute atomic E-state index is 14.1. The van der Waals surface area contributed by atoms with E-state index < -0.39 is 65.7 Å². The average molecular weight is 587 g/mol. The summed E-state index contributed by atoms with van der Waals surface area (Å²) in [6.45, 7) is 14.6. The molecule has 3 aliphatic rings. The molecule has 42 heavy (non-hydrogen) atoms. The number of carbonyl (C=O) groups excluding carboxylic acids is 3. The summed E-state index contributed by atoms with van der Waals surface area (Å²) in [5, 5.41) is 12.0. The molecule has 9 nitrogen and oxygen atoms in total. The first kappa shape index (κ1) is 32.3. The Morgan fingerprint density at radius 2 is 1.71 bits per heavy atom. The highest BCUT2D eigenvalue weighted by Gasteiger charge is 2.57.